The Morgan fingerprint density at radius 3 is 2.15 bits per heavy atom. The average molecular weight is 356 g/mol. The number of amides is 4. The molecule has 0 spiro atoms. The van der Waals surface area contributed by atoms with Crippen molar-refractivity contribution in [2.45, 2.75) is 31.7 Å². The third-order valence-corrected chi connectivity index (χ3v) is 4.42. The van der Waals surface area contributed by atoms with Crippen LogP contribution in [0.1, 0.15) is 24.8 Å². The van der Waals surface area contributed by atoms with Gasteiger partial charge in [0.25, 0.3) is 11.8 Å². The van der Waals surface area contributed by atoms with Gasteiger partial charge in [-0.1, -0.05) is 18.2 Å². The number of aryl methyl sites for hydroxylation is 1. The topological polar surface area (TPSA) is 112 Å². The molecule has 2 aliphatic heterocycles. The maximum atomic E-state index is 11.9. The van der Waals surface area contributed by atoms with E-state index in [-0.39, 0.29) is 25.7 Å². The normalized spacial score (nSPS) is 18.2. The number of carbonyl (C=O) groups is 5. The molecule has 3 rings (SSSR count). The summed E-state index contributed by atoms with van der Waals surface area (Å²) in [5, 5.41) is 9.44. The van der Waals surface area contributed by atoms with E-state index in [0.717, 1.165) is 9.80 Å². The lowest BCUT2D eigenvalue weighted by Gasteiger charge is -2.23. The van der Waals surface area contributed by atoms with E-state index < -0.39 is 35.6 Å². The largest absolute Gasteiger partial charge is 0.480 e. The molecule has 1 aromatic rings. The average Bonchev–Trinajstić information content (AvgIpc) is 3.11. The van der Waals surface area contributed by atoms with Gasteiger partial charge in [0.1, 0.15) is 6.04 Å². The van der Waals surface area contributed by atoms with Gasteiger partial charge in [0.15, 0.2) is 0 Å². The summed E-state index contributed by atoms with van der Waals surface area (Å²) in [7, 11) is 0. The molecule has 2 aliphatic rings. The minimum Gasteiger partial charge on any atom is -0.480 e. The van der Waals surface area contributed by atoms with E-state index in [1.54, 1.807) is 24.3 Å². The van der Waals surface area contributed by atoms with Gasteiger partial charge in [-0.15, -0.1) is 0 Å². The number of nitrogens with zero attached hydrogens (tertiary/aromatic N) is 2. The molecule has 1 aromatic carbocycles. The first kappa shape index (κ1) is 17.5. The summed E-state index contributed by atoms with van der Waals surface area (Å²) in [5.74, 6) is -3.19. The van der Waals surface area contributed by atoms with Crippen LogP contribution in [0, 0.1) is 0 Å². The van der Waals surface area contributed by atoms with Gasteiger partial charge in [0, 0.05) is 25.0 Å². The van der Waals surface area contributed by atoms with E-state index in [4.69, 9.17) is 0 Å². The standard InChI is InChI=1S/C18H16N2O6/c21-14-7-8-15(22)19(14)12-4-2-1-3-11(12)5-6-13(18(25)26)20-16(23)9-10-17(20)24/h1-4,7-8,13H,5-6,9-10H2,(H,25,26). The van der Waals surface area contributed by atoms with Gasteiger partial charge in [0.2, 0.25) is 11.8 Å². The number of hydrogen-bond donors (Lipinski definition) is 1. The van der Waals surface area contributed by atoms with Crippen LogP contribution < -0.4 is 4.90 Å². The van der Waals surface area contributed by atoms with Crippen LogP contribution in [0.5, 0.6) is 0 Å². The first-order valence-corrected chi connectivity index (χ1v) is 8.12. The zero-order valence-corrected chi connectivity index (χ0v) is 13.8. The molecule has 134 valence electrons. The lowest BCUT2D eigenvalue weighted by atomic mass is 10.0. The van der Waals surface area contributed by atoms with Crippen molar-refractivity contribution in [3.05, 3.63) is 42.0 Å². The van der Waals surface area contributed by atoms with Crippen molar-refractivity contribution in [1.82, 2.24) is 4.90 Å². The molecule has 0 radical (unpaired) electrons. The van der Waals surface area contributed by atoms with E-state index in [1.807, 2.05) is 0 Å². The Morgan fingerprint density at radius 1 is 1.00 bits per heavy atom. The number of benzene rings is 1. The van der Waals surface area contributed by atoms with Crippen molar-refractivity contribution in [3.63, 3.8) is 0 Å². The fraction of sp³-hybridized carbons (Fsp3) is 0.278. The second-order valence-electron chi connectivity index (χ2n) is 6.02. The van der Waals surface area contributed by atoms with Gasteiger partial charge in [-0.05, 0) is 24.5 Å². The van der Waals surface area contributed by atoms with E-state index >= 15 is 0 Å². The zero-order chi connectivity index (χ0) is 18.8. The van der Waals surface area contributed by atoms with Crippen molar-refractivity contribution in [1.29, 1.82) is 0 Å². The van der Waals surface area contributed by atoms with Gasteiger partial charge in [0.05, 0.1) is 5.69 Å². The number of anilines is 1. The van der Waals surface area contributed by atoms with Crippen LogP contribution in [-0.4, -0.2) is 45.6 Å². The van der Waals surface area contributed by atoms with E-state index in [1.165, 1.54) is 12.2 Å². The van der Waals surface area contributed by atoms with Crippen LogP contribution in [0.3, 0.4) is 0 Å². The second-order valence-corrected chi connectivity index (χ2v) is 6.02. The molecule has 1 saturated heterocycles. The van der Waals surface area contributed by atoms with Gasteiger partial charge >= 0.3 is 5.97 Å². The second kappa shape index (κ2) is 6.91. The van der Waals surface area contributed by atoms with Crippen LogP contribution in [0.15, 0.2) is 36.4 Å². The summed E-state index contributed by atoms with van der Waals surface area (Å²) in [4.78, 5) is 60.9. The molecule has 8 heteroatoms. The van der Waals surface area contributed by atoms with Crippen molar-refractivity contribution >= 4 is 35.3 Å². The van der Waals surface area contributed by atoms with Gasteiger partial charge < -0.3 is 5.11 Å². The van der Waals surface area contributed by atoms with Crippen LogP contribution in [0.4, 0.5) is 5.69 Å². The molecule has 0 aliphatic carbocycles. The first-order valence-electron chi connectivity index (χ1n) is 8.12. The maximum Gasteiger partial charge on any atom is 0.326 e. The fourth-order valence-electron chi connectivity index (χ4n) is 3.17. The third-order valence-electron chi connectivity index (χ3n) is 4.42. The number of carboxylic acids is 1. The number of imide groups is 2. The minimum atomic E-state index is -1.27. The number of hydrogen-bond acceptors (Lipinski definition) is 5. The van der Waals surface area contributed by atoms with Crippen LogP contribution >= 0.6 is 0 Å². The van der Waals surface area contributed by atoms with E-state index in [0.29, 0.717) is 11.3 Å². The van der Waals surface area contributed by atoms with E-state index in [9.17, 15) is 29.1 Å². The molecule has 1 fully saturated rings. The highest BCUT2D eigenvalue weighted by Crippen LogP contribution is 2.26. The van der Waals surface area contributed by atoms with Crippen LogP contribution in [0.25, 0.3) is 0 Å². The lowest BCUT2D eigenvalue weighted by Crippen LogP contribution is -2.44. The number of para-hydroxylation sites is 1. The summed E-state index contributed by atoms with van der Waals surface area (Å²) in [6.45, 7) is 0. The number of likely N-dealkylation sites (tertiary alicyclic amines) is 1. The molecule has 1 N–H and O–H groups in total. The molecule has 26 heavy (non-hydrogen) atoms. The molecule has 8 nitrogen and oxygen atoms in total. The van der Waals surface area contributed by atoms with Crippen LogP contribution in [0.2, 0.25) is 0 Å². The molecule has 1 unspecified atom stereocenters. The van der Waals surface area contributed by atoms with Crippen molar-refractivity contribution in [2.24, 2.45) is 0 Å². The third kappa shape index (κ3) is 3.13. The summed E-state index contributed by atoms with van der Waals surface area (Å²) >= 11 is 0. The summed E-state index contributed by atoms with van der Waals surface area (Å²) in [6, 6.07) is 5.38. The Hall–Kier alpha value is -3.29. The zero-order valence-electron chi connectivity index (χ0n) is 13.8. The number of aliphatic carboxylic acids is 1. The first-order chi connectivity index (χ1) is 12.4. The van der Waals surface area contributed by atoms with Gasteiger partial charge in [-0.3, -0.25) is 24.1 Å². The van der Waals surface area contributed by atoms with Crippen molar-refractivity contribution < 1.29 is 29.1 Å². The maximum absolute atomic E-state index is 11.9. The Labute approximate surface area is 148 Å². The molecule has 2 heterocycles. The Kier molecular flexibility index (Phi) is 4.66. The van der Waals surface area contributed by atoms with Gasteiger partial charge in [-0.2, -0.15) is 0 Å². The molecule has 1 atom stereocenters. The fourth-order valence-corrected chi connectivity index (χ4v) is 3.17. The summed E-state index contributed by atoms with van der Waals surface area (Å²) < 4.78 is 0. The Balaban J connectivity index is 1.82. The van der Waals surface area contributed by atoms with Crippen molar-refractivity contribution in [2.75, 3.05) is 4.90 Å². The predicted molar refractivity (Wildman–Crippen MR) is 88.9 cm³/mol. The SMILES string of the molecule is O=C(O)C(CCc1ccccc1N1C(=O)C=CC1=O)N1C(=O)CCC1=O. The Morgan fingerprint density at radius 2 is 1.58 bits per heavy atom. The van der Waals surface area contributed by atoms with Crippen molar-refractivity contribution in [3.8, 4) is 0 Å². The molecule has 0 aromatic heterocycles. The lowest BCUT2D eigenvalue weighted by molar-refractivity contribution is -0.154. The molecular formula is C18H16N2O6. The molecule has 0 saturated carbocycles. The highest BCUT2D eigenvalue weighted by molar-refractivity contribution is 6.28. The summed E-state index contributed by atoms with van der Waals surface area (Å²) in [6.07, 6.45) is 2.54. The predicted octanol–water partition coefficient (Wildman–Crippen LogP) is 0.651. The summed E-state index contributed by atoms with van der Waals surface area (Å²) in [5.41, 5.74) is 0.957. The van der Waals surface area contributed by atoms with E-state index in [2.05, 4.69) is 0 Å². The molecule has 0 bridgehead atoms. The number of rotatable bonds is 6. The minimum absolute atomic E-state index is 0.00647. The number of carbonyl (C=O) groups excluding carboxylic acids is 4. The molecule has 4 amide bonds. The monoisotopic (exact) mass is 356 g/mol. The highest BCUT2D eigenvalue weighted by Gasteiger charge is 2.38. The molecular weight excluding hydrogens is 340 g/mol. The van der Waals surface area contributed by atoms with Gasteiger partial charge in [-0.25, -0.2) is 9.69 Å². The quantitative estimate of drug-likeness (QED) is 0.749. The smallest absolute Gasteiger partial charge is 0.326 e. The number of carboxylic acid groups (broad SMARTS) is 1. The Bertz CT molecular complexity index is 810. The van der Waals surface area contributed by atoms with Crippen LogP contribution in [-0.2, 0) is 30.4 Å². The highest BCUT2D eigenvalue weighted by atomic mass is 16.4.